The first-order valence-electron chi connectivity index (χ1n) is 8.62. The molecule has 6 nitrogen and oxygen atoms in total. The van der Waals surface area contributed by atoms with E-state index in [0.29, 0.717) is 22.4 Å². The van der Waals surface area contributed by atoms with Crippen LogP contribution in [0.1, 0.15) is 31.4 Å². The first kappa shape index (κ1) is 17.1. The molecule has 136 valence electrons. The molecule has 1 aromatic heterocycles. The Bertz CT molecular complexity index is 1090. The third-order valence-electron chi connectivity index (χ3n) is 5.31. The Kier molecular flexibility index (Phi) is 3.65. The number of fused-ring (bicyclic) bond motifs is 1. The minimum atomic E-state index is -3.51. The molecule has 26 heavy (non-hydrogen) atoms. The van der Waals surface area contributed by atoms with Crippen LogP contribution < -0.4 is 11.5 Å². The minimum Gasteiger partial charge on any atom is -0.369 e. The summed E-state index contributed by atoms with van der Waals surface area (Å²) in [6.45, 7) is 3.37. The van der Waals surface area contributed by atoms with E-state index in [1.54, 1.807) is 26.0 Å². The van der Waals surface area contributed by atoms with E-state index >= 15 is 0 Å². The molecule has 0 radical (unpaired) electrons. The lowest BCUT2D eigenvalue weighted by Crippen LogP contribution is -2.25. The molecule has 0 spiro atoms. The van der Waals surface area contributed by atoms with Crippen molar-refractivity contribution in [1.82, 2.24) is 9.97 Å². The van der Waals surface area contributed by atoms with Crippen LogP contribution in [-0.2, 0) is 15.3 Å². The van der Waals surface area contributed by atoms with Crippen molar-refractivity contribution >= 4 is 26.8 Å². The minimum absolute atomic E-state index is 0.172. The number of nitrogen functional groups attached to an aromatic ring is 1. The van der Waals surface area contributed by atoms with Gasteiger partial charge < -0.3 is 16.5 Å². The van der Waals surface area contributed by atoms with E-state index in [-0.39, 0.29) is 12.0 Å². The highest BCUT2D eigenvalue weighted by molar-refractivity contribution is 7.92. The fourth-order valence-electron chi connectivity index (χ4n) is 3.79. The summed E-state index contributed by atoms with van der Waals surface area (Å²) < 4.78 is 26.2. The number of nitrogens with zero attached hydrogens (tertiary/aromatic N) is 1. The molecule has 7 heteroatoms. The highest BCUT2D eigenvalue weighted by Gasteiger charge is 2.57. The second-order valence-corrected chi connectivity index (χ2v) is 9.67. The number of hydrogen-bond donors (Lipinski definition) is 3. The van der Waals surface area contributed by atoms with E-state index < -0.39 is 20.5 Å². The summed E-state index contributed by atoms with van der Waals surface area (Å²) in [7, 11) is -3.51. The molecule has 1 aliphatic carbocycles. The highest BCUT2D eigenvalue weighted by atomic mass is 32.2. The Hall–Kier alpha value is -2.38. The van der Waals surface area contributed by atoms with Gasteiger partial charge in [-0.05, 0) is 38.0 Å². The molecule has 1 heterocycles. The van der Waals surface area contributed by atoms with E-state index in [1.807, 2.05) is 30.3 Å². The topological polar surface area (TPSA) is 115 Å². The maximum absolute atomic E-state index is 13.1. The van der Waals surface area contributed by atoms with Crippen molar-refractivity contribution in [3.8, 4) is 0 Å². The zero-order valence-electron chi connectivity index (χ0n) is 14.7. The third-order valence-corrected chi connectivity index (χ3v) is 7.51. The van der Waals surface area contributed by atoms with Crippen LogP contribution in [0.4, 0.5) is 5.95 Å². The molecule has 0 amide bonds. The summed E-state index contributed by atoms with van der Waals surface area (Å²) in [6.07, 6.45) is 0.670. The van der Waals surface area contributed by atoms with Crippen LogP contribution in [0.25, 0.3) is 11.0 Å². The summed E-state index contributed by atoms with van der Waals surface area (Å²) in [5, 5.41) is -0.544. The van der Waals surface area contributed by atoms with Gasteiger partial charge in [-0.15, -0.1) is 0 Å². The largest absolute Gasteiger partial charge is 0.369 e. The van der Waals surface area contributed by atoms with Gasteiger partial charge in [-0.25, -0.2) is 13.4 Å². The Balaban J connectivity index is 2.11. The van der Waals surface area contributed by atoms with Crippen molar-refractivity contribution in [3.05, 3.63) is 53.6 Å². The lowest BCUT2D eigenvalue weighted by atomic mass is 9.86. The lowest BCUT2D eigenvalue weighted by Gasteiger charge is -2.23. The van der Waals surface area contributed by atoms with E-state index in [9.17, 15) is 8.42 Å². The van der Waals surface area contributed by atoms with E-state index in [1.165, 1.54) is 0 Å². The molecule has 0 saturated heterocycles. The fourth-order valence-corrected chi connectivity index (χ4v) is 5.11. The van der Waals surface area contributed by atoms with Crippen molar-refractivity contribution in [2.24, 2.45) is 5.73 Å². The molecular formula is C19H22N4O2S. The van der Waals surface area contributed by atoms with Crippen molar-refractivity contribution in [3.63, 3.8) is 0 Å². The van der Waals surface area contributed by atoms with Gasteiger partial charge in [0.1, 0.15) is 0 Å². The molecule has 2 aromatic carbocycles. The van der Waals surface area contributed by atoms with Crippen LogP contribution in [0.2, 0.25) is 0 Å². The lowest BCUT2D eigenvalue weighted by molar-refractivity contribution is 0.584. The Morgan fingerprint density at radius 3 is 2.42 bits per heavy atom. The van der Waals surface area contributed by atoms with Gasteiger partial charge in [0.25, 0.3) is 0 Å². The van der Waals surface area contributed by atoms with Gasteiger partial charge in [-0.3, -0.25) is 0 Å². The zero-order valence-corrected chi connectivity index (χ0v) is 15.5. The smallest absolute Gasteiger partial charge is 0.198 e. The van der Waals surface area contributed by atoms with Gasteiger partial charge >= 0.3 is 0 Å². The first-order valence-corrected chi connectivity index (χ1v) is 10.2. The number of anilines is 1. The second kappa shape index (κ2) is 5.56. The molecule has 0 unspecified atom stereocenters. The molecule has 4 rings (SSSR count). The van der Waals surface area contributed by atoms with Crippen LogP contribution in [0, 0.1) is 0 Å². The number of sulfone groups is 1. The van der Waals surface area contributed by atoms with Crippen LogP contribution in [0.5, 0.6) is 0 Å². The molecule has 0 aliphatic heterocycles. The van der Waals surface area contributed by atoms with E-state index in [0.717, 1.165) is 11.1 Å². The number of aromatic nitrogens is 2. The predicted molar refractivity (Wildman–Crippen MR) is 103 cm³/mol. The molecule has 3 aromatic rings. The summed E-state index contributed by atoms with van der Waals surface area (Å²) in [5.41, 5.74) is 14.7. The van der Waals surface area contributed by atoms with Crippen LogP contribution in [0.15, 0.2) is 47.4 Å². The second-order valence-electron chi connectivity index (χ2n) is 7.20. The average Bonchev–Trinajstić information content (AvgIpc) is 3.12. The number of imidazole rings is 1. The van der Waals surface area contributed by atoms with Gasteiger partial charge in [-0.2, -0.15) is 0 Å². The highest BCUT2D eigenvalue weighted by Crippen LogP contribution is 2.56. The van der Waals surface area contributed by atoms with E-state index in [2.05, 4.69) is 9.97 Å². The third kappa shape index (κ3) is 2.27. The number of nitrogens with two attached hydrogens (primary N) is 2. The molecule has 0 bridgehead atoms. The number of aromatic amines is 1. The van der Waals surface area contributed by atoms with Crippen molar-refractivity contribution in [2.45, 2.75) is 41.9 Å². The molecular weight excluding hydrogens is 348 g/mol. The summed E-state index contributed by atoms with van der Waals surface area (Å²) in [5.74, 6) is 0.262. The molecule has 1 saturated carbocycles. The molecule has 5 N–H and O–H groups in total. The van der Waals surface area contributed by atoms with Crippen LogP contribution in [-0.4, -0.2) is 29.7 Å². The van der Waals surface area contributed by atoms with Crippen LogP contribution in [0.3, 0.4) is 0 Å². The summed E-state index contributed by atoms with van der Waals surface area (Å²) >= 11 is 0. The van der Waals surface area contributed by atoms with Crippen molar-refractivity contribution in [2.75, 3.05) is 5.73 Å². The normalized spacial score (nSPS) is 22.8. The van der Waals surface area contributed by atoms with Gasteiger partial charge in [0.05, 0.1) is 21.2 Å². The summed E-state index contributed by atoms with van der Waals surface area (Å²) in [6, 6.07) is 13.0. The van der Waals surface area contributed by atoms with Gasteiger partial charge in [0.2, 0.25) is 0 Å². The molecule has 2 atom stereocenters. The van der Waals surface area contributed by atoms with Gasteiger partial charge in [0, 0.05) is 17.0 Å². The number of rotatable bonds is 4. The number of benzene rings is 2. The monoisotopic (exact) mass is 370 g/mol. The van der Waals surface area contributed by atoms with E-state index in [4.69, 9.17) is 11.5 Å². The van der Waals surface area contributed by atoms with Crippen molar-refractivity contribution < 1.29 is 8.42 Å². The Labute approximate surface area is 152 Å². The predicted octanol–water partition coefficient (Wildman–Crippen LogP) is 2.34. The summed E-state index contributed by atoms with van der Waals surface area (Å²) in [4.78, 5) is 7.71. The maximum Gasteiger partial charge on any atom is 0.198 e. The van der Waals surface area contributed by atoms with Crippen LogP contribution >= 0.6 is 0 Å². The Morgan fingerprint density at radius 1 is 1.19 bits per heavy atom. The number of H-pyrrole nitrogens is 1. The molecule has 1 fully saturated rings. The first-order chi connectivity index (χ1) is 12.3. The van der Waals surface area contributed by atoms with Crippen molar-refractivity contribution in [1.29, 1.82) is 0 Å². The Morgan fingerprint density at radius 2 is 1.85 bits per heavy atom. The van der Waals surface area contributed by atoms with Gasteiger partial charge in [0.15, 0.2) is 15.8 Å². The molecule has 1 aliphatic rings. The maximum atomic E-state index is 13.1. The average molecular weight is 370 g/mol. The number of hydrogen-bond acceptors (Lipinski definition) is 5. The SMILES string of the molecule is CC(C)S(=O)(=O)c1ccc2[nH]c(N)nc2c1[C@@]1(c2ccccc2)C[C@@H]1N. The quantitative estimate of drug-likeness (QED) is 0.652. The standard InChI is InChI=1S/C19H22N4O2S/c1-11(2)26(24,25)14-9-8-13-17(23-18(21)22-13)16(14)19(10-15(19)20)12-6-4-3-5-7-12/h3-9,11,15H,10,20H2,1-2H3,(H3,21,22,23)/t15-,19+/m0/s1. The zero-order chi connectivity index (χ0) is 18.7. The number of nitrogens with one attached hydrogen (secondary N) is 1. The van der Waals surface area contributed by atoms with Gasteiger partial charge in [-0.1, -0.05) is 30.3 Å². The fraction of sp³-hybridized carbons (Fsp3) is 0.316.